The number of allylic oxidation sites excluding steroid dienone is 1. The van der Waals surface area contributed by atoms with Gasteiger partial charge >= 0.3 is 0 Å². The largest absolute Gasteiger partial charge is 0.459 e. The van der Waals surface area contributed by atoms with Crippen LogP contribution < -0.4 is 5.32 Å². The molecule has 2 N–H and O–H groups in total. The number of carbonyl (C=O) groups excluding carboxylic acids is 1. The lowest BCUT2D eigenvalue weighted by Gasteiger charge is -2.30. The fraction of sp³-hybridized carbons (Fsp3) is 0.812. The Labute approximate surface area is 137 Å². The highest BCUT2D eigenvalue weighted by Gasteiger charge is 2.29. The molecule has 0 radical (unpaired) electrons. The van der Waals surface area contributed by atoms with Gasteiger partial charge in [-0.2, -0.15) is 0 Å². The summed E-state index contributed by atoms with van der Waals surface area (Å²) in [6.45, 7) is 6.11. The van der Waals surface area contributed by atoms with Crippen LogP contribution in [0.2, 0.25) is 0 Å². The fourth-order valence-electron chi connectivity index (χ4n) is 2.17. The van der Waals surface area contributed by atoms with Gasteiger partial charge in [0.15, 0.2) is 5.76 Å². The summed E-state index contributed by atoms with van der Waals surface area (Å²) in [5, 5.41) is 11.4. The third kappa shape index (κ3) is 7.78. The van der Waals surface area contributed by atoms with Crippen molar-refractivity contribution in [1.29, 1.82) is 0 Å². The molecule has 1 aliphatic rings. The minimum atomic E-state index is -0.465. The summed E-state index contributed by atoms with van der Waals surface area (Å²) < 4.78 is 21.4. The van der Waals surface area contributed by atoms with E-state index < -0.39 is 6.29 Å². The van der Waals surface area contributed by atoms with Crippen LogP contribution >= 0.6 is 0 Å². The normalized spacial score (nSPS) is 21.0. The predicted octanol–water partition coefficient (Wildman–Crippen LogP) is 0.677. The maximum absolute atomic E-state index is 12.1. The van der Waals surface area contributed by atoms with E-state index in [4.69, 9.17) is 24.1 Å². The van der Waals surface area contributed by atoms with Crippen molar-refractivity contribution in [3.8, 4) is 0 Å². The molecule has 0 fully saturated rings. The molecular weight excluding hydrogens is 302 g/mol. The Kier molecular flexibility index (Phi) is 9.86. The number of aliphatic hydroxyl groups excluding tert-OH is 1. The quantitative estimate of drug-likeness (QED) is 0.542. The Morgan fingerprint density at radius 1 is 1.39 bits per heavy atom. The maximum atomic E-state index is 12.1. The van der Waals surface area contributed by atoms with Gasteiger partial charge in [-0.3, -0.25) is 4.79 Å². The Bertz CT molecular complexity index is 372. The molecule has 0 bridgehead atoms. The van der Waals surface area contributed by atoms with Crippen molar-refractivity contribution in [2.24, 2.45) is 11.8 Å². The lowest BCUT2D eigenvalue weighted by molar-refractivity contribution is -0.155. The zero-order valence-corrected chi connectivity index (χ0v) is 14.2. The van der Waals surface area contributed by atoms with Crippen LogP contribution in [-0.2, 0) is 23.7 Å². The average Bonchev–Trinajstić information content (AvgIpc) is 2.54. The van der Waals surface area contributed by atoms with Gasteiger partial charge in [0.2, 0.25) is 6.29 Å². The van der Waals surface area contributed by atoms with Crippen molar-refractivity contribution in [1.82, 2.24) is 5.32 Å². The summed E-state index contributed by atoms with van der Waals surface area (Å²) in [6, 6.07) is 0. The molecule has 0 saturated carbocycles. The number of rotatable bonds is 11. The van der Waals surface area contributed by atoms with Gasteiger partial charge in [0.1, 0.15) is 0 Å². The molecule has 0 saturated heterocycles. The number of nitrogens with one attached hydrogen (secondary N) is 1. The Morgan fingerprint density at radius 2 is 2.17 bits per heavy atom. The first-order valence-electron chi connectivity index (χ1n) is 8.04. The van der Waals surface area contributed by atoms with Crippen LogP contribution in [0.25, 0.3) is 0 Å². The van der Waals surface area contributed by atoms with Gasteiger partial charge in [-0.05, 0) is 17.9 Å². The Morgan fingerprint density at radius 3 is 2.83 bits per heavy atom. The smallest absolute Gasteiger partial charge is 0.286 e. The van der Waals surface area contributed by atoms with Gasteiger partial charge in [0.25, 0.3) is 5.91 Å². The molecular formula is C16H29NO6. The fourth-order valence-corrected chi connectivity index (χ4v) is 2.17. The minimum Gasteiger partial charge on any atom is -0.459 e. The second-order valence-corrected chi connectivity index (χ2v) is 5.68. The summed E-state index contributed by atoms with van der Waals surface area (Å²) in [5.74, 6) is 0.651. The molecule has 0 unspecified atom stereocenters. The molecule has 0 aliphatic carbocycles. The Hall–Kier alpha value is -1.15. The zero-order valence-electron chi connectivity index (χ0n) is 14.2. The molecule has 7 nitrogen and oxygen atoms in total. The predicted molar refractivity (Wildman–Crippen MR) is 84.6 cm³/mol. The highest BCUT2D eigenvalue weighted by atomic mass is 16.7. The lowest BCUT2D eigenvalue weighted by atomic mass is 9.90. The van der Waals surface area contributed by atoms with E-state index in [1.165, 1.54) is 0 Å². The number of carbonyl (C=O) groups is 1. The third-order valence-electron chi connectivity index (χ3n) is 3.53. The van der Waals surface area contributed by atoms with Crippen LogP contribution in [0.15, 0.2) is 11.8 Å². The van der Waals surface area contributed by atoms with E-state index in [9.17, 15) is 4.79 Å². The highest BCUT2D eigenvalue weighted by molar-refractivity contribution is 5.91. The standard InChI is InChI=1S/C16H29NO6/c1-12(2)13-10-14(16(19)17-4-6-20-3)23-15(11-13)22-9-8-21-7-5-18/h10,12-13,15,18H,4-9,11H2,1-3H3,(H,17,19)/t13-,15+/m1/s1. The van der Waals surface area contributed by atoms with E-state index in [0.29, 0.717) is 44.5 Å². The Balaban J connectivity index is 2.50. The van der Waals surface area contributed by atoms with Crippen molar-refractivity contribution >= 4 is 5.91 Å². The molecule has 1 amide bonds. The molecule has 7 heteroatoms. The van der Waals surface area contributed by atoms with Gasteiger partial charge < -0.3 is 29.4 Å². The summed E-state index contributed by atoms with van der Waals surface area (Å²) in [7, 11) is 1.58. The van der Waals surface area contributed by atoms with Gasteiger partial charge in [-0.25, -0.2) is 0 Å². The van der Waals surface area contributed by atoms with Crippen LogP contribution in [0.5, 0.6) is 0 Å². The van der Waals surface area contributed by atoms with Gasteiger partial charge in [-0.1, -0.05) is 13.8 Å². The first-order chi connectivity index (χ1) is 11.1. The summed E-state index contributed by atoms with van der Waals surface area (Å²) >= 11 is 0. The third-order valence-corrected chi connectivity index (χ3v) is 3.53. The second kappa shape index (κ2) is 11.4. The van der Waals surface area contributed by atoms with Crippen molar-refractivity contribution in [3.63, 3.8) is 0 Å². The van der Waals surface area contributed by atoms with Crippen molar-refractivity contribution in [2.45, 2.75) is 26.6 Å². The molecule has 2 atom stereocenters. The van der Waals surface area contributed by atoms with Crippen LogP contribution in [0, 0.1) is 11.8 Å². The minimum absolute atomic E-state index is 0.0100. The summed E-state index contributed by atoms with van der Waals surface area (Å²) in [5.41, 5.74) is 0. The monoisotopic (exact) mass is 331 g/mol. The SMILES string of the molecule is COCCNC(=O)C1=C[C@@H](C(C)C)C[C@@H](OCCOCCO)O1. The molecule has 1 heterocycles. The van der Waals surface area contributed by atoms with E-state index in [0.717, 1.165) is 0 Å². The highest BCUT2D eigenvalue weighted by Crippen LogP contribution is 2.28. The van der Waals surface area contributed by atoms with E-state index in [1.807, 2.05) is 6.08 Å². The molecule has 1 aliphatic heterocycles. The van der Waals surface area contributed by atoms with Crippen molar-refractivity contribution in [2.75, 3.05) is 46.7 Å². The van der Waals surface area contributed by atoms with Crippen LogP contribution in [0.4, 0.5) is 0 Å². The maximum Gasteiger partial charge on any atom is 0.286 e. The second-order valence-electron chi connectivity index (χ2n) is 5.68. The summed E-state index contributed by atoms with van der Waals surface area (Å²) in [6.07, 6.45) is 2.11. The number of methoxy groups -OCH3 is 1. The van der Waals surface area contributed by atoms with E-state index in [1.54, 1.807) is 7.11 Å². The molecule has 23 heavy (non-hydrogen) atoms. The number of amides is 1. The lowest BCUT2D eigenvalue weighted by Crippen LogP contribution is -2.35. The summed E-state index contributed by atoms with van der Waals surface area (Å²) in [4.78, 5) is 12.1. The van der Waals surface area contributed by atoms with Crippen LogP contribution in [0.3, 0.4) is 0 Å². The van der Waals surface area contributed by atoms with E-state index >= 15 is 0 Å². The van der Waals surface area contributed by atoms with E-state index in [2.05, 4.69) is 19.2 Å². The topological polar surface area (TPSA) is 86.3 Å². The van der Waals surface area contributed by atoms with Gasteiger partial charge in [-0.15, -0.1) is 0 Å². The first kappa shape index (κ1) is 19.9. The van der Waals surface area contributed by atoms with Crippen molar-refractivity contribution in [3.05, 3.63) is 11.8 Å². The molecule has 0 aromatic carbocycles. The van der Waals surface area contributed by atoms with Gasteiger partial charge in [0, 0.05) is 20.1 Å². The molecule has 0 spiro atoms. The molecule has 1 rings (SSSR count). The molecule has 0 aromatic heterocycles. The number of hydrogen-bond donors (Lipinski definition) is 2. The van der Waals surface area contributed by atoms with Crippen LogP contribution in [0.1, 0.15) is 20.3 Å². The molecule has 0 aromatic rings. The van der Waals surface area contributed by atoms with E-state index in [-0.39, 0.29) is 25.0 Å². The number of aliphatic hydroxyl groups is 1. The first-order valence-corrected chi connectivity index (χ1v) is 8.04. The van der Waals surface area contributed by atoms with Crippen LogP contribution in [-0.4, -0.2) is 64.0 Å². The zero-order chi connectivity index (χ0) is 17.1. The molecule has 134 valence electrons. The number of ether oxygens (including phenoxy) is 4. The number of hydrogen-bond acceptors (Lipinski definition) is 6. The van der Waals surface area contributed by atoms with Crippen molar-refractivity contribution < 1.29 is 28.8 Å². The average molecular weight is 331 g/mol. The van der Waals surface area contributed by atoms with Gasteiger partial charge in [0.05, 0.1) is 33.0 Å².